The first-order valence-electron chi connectivity index (χ1n) is 3.91. The lowest BCUT2D eigenvalue weighted by Crippen LogP contribution is -1.90. The predicted octanol–water partition coefficient (Wildman–Crippen LogP) is 3.00. The highest BCUT2D eigenvalue weighted by Gasteiger charge is 2.17. The van der Waals surface area contributed by atoms with Crippen LogP contribution in [0, 0.1) is 6.92 Å². The highest BCUT2D eigenvalue weighted by Crippen LogP contribution is 2.44. The Kier molecular flexibility index (Phi) is 3.44. The van der Waals surface area contributed by atoms with Gasteiger partial charge in [0.15, 0.2) is 0 Å². The zero-order valence-corrected chi connectivity index (χ0v) is 8.45. The number of para-hydroxylation sites is 1. The molecule has 3 nitrogen and oxygen atoms in total. The van der Waals surface area contributed by atoms with Crippen LogP contribution in [-0.2, 0) is 4.57 Å². The molecule has 76 valence electrons. The third-order valence-corrected chi connectivity index (χ3v) is 2.52. The molecule has 0 bridgehead atoms. The van der Waals surface area contributed by atoms with Gasteiger partial charge in [-0.25, -0.2) is 8.96 Å². The molecule has 1 unspecified atom stereocenters. The summed E-state index contributed by atoms with van der Waals surface area (Å²) in [6.07, 6.45) is -0.000941. The van der Waals surface area contributed by atoms with Crippen molar-refractivity contribution in [3.05, 3.63) is 42.0 Å². The summed E-state index contributed by atoms with van der Waals surface area (Å²) in [5.74, 6) is 0.774. The van der Waals surface area contributed by atoms with E-state index in [0.717, 1.165) is 0 Å². The van der Waals surface area contributed by atoms with Gasteiger partial charge in [0.25, 0.3) is 0 Å². The van der Waals surface area contributed by atoms with Gasteiger partial charge >= 0.3 is 7.60 Å². The summed E-state index contributed by atoms with van der Waals surface area (Å²) in [5, 5.41) is 0. The minimum Gasteiger partial charge on any atom is -0.421 e. The summed E-state index contributed by atoms with van der Waals surface area (Å²) in [6.45, 7) is 1.73. The van der Waals surface area contributed by atoms with E-state index >= 15 is 0 Å². The number of rotatable bonds is 3. The van der Waals surface area contributed by atoms with Crippen LogP contribution in [0.5, 0.6) is 5.75 Å². The van der Waals surface area contributed by atoms with E-state index < -0.39 is 7.60 Å². The molecule has 0 saturated carbocycles. The van der Waals surface area contributed by atoms with Crippen LogP contribution < -0.4 is 4.52 Å². The van der Waals surface area contributed by atoms with Crippen molar-refractivity contribution in [3.63, 3.8) is 0 Å². The Morgan fingerprint density at radius 1 is 1.50 bits per heavy atom. The van der Waals surface area contributed by atoms with Crippen molar-refractivity contribution in [2.45, 2.75) is 6.92 Å². The van der Waals surface area contributed by atoms with Crippen molar-refractivity contribution >= 4 is 7.60 Å². The van der Waals surface area contributed by atoms with E-state index in [1.807, 2.05) is 0 Å². The van der Waals surface area contributed by atoms with E-state index in [2.05, 4.69) is 0 Å². The molecule has 0 amide bonds. The Labute approximate surface area is 81.4 Å². The fourth-order valence-electron chi connectivity index (χ4n) is 0.901. The first-order chi connectivity index (χ1) is 6.55. The fourth-order valence-corrected chi connectivity index (χ4v) is 1.59. The molecule has 5 heteroatoms. The SMILES string of the molecule is Cc1ccccc1OP(=O)(O)C=CF. The van der Waals surface area contributed by atoms with Crippen molar-refractivity contribution in [2.75, 3.05) is 0 Å². The molecule has 1 atom stereocenters. The maximum absolute atomic E-state index is 11.7. The molecule has 0 saturated heterocycles. The fraction of sp³-hybridized carbons (Fsp3) is 0.111. The number of hydrogen-bond donors (Lipinski definition) is 1. The number of aryl methyl sites for hydroxylation is 1. The molecule has 1 aromatic carbocycles. The van der Waals surface area contributed by atoms with Crippen LogP contribution in [0.15, 0.2) is 36.4 Å². The van der Waals surface area contributed by atoms with Crippen LogP contribution >= 0.6 is 7.60 Å². The Hall–Kier alpha value is -1.12. The van der Waals surface area contributed by atoms with Gasteiger partial charge in [0.05, 0.1) is 12.1 Å². The third kappa shape index (κ3) is 2.98. The van der Waals surface area contributed by atoms with Crippen LogP contribution in [0.3, 0.4) is 0 Å². The molecular weight excluding hydrogens is 206 g/mol. The van der Waals surface area contributed by atoms with Crippen molar-refractivity contribution < 1.29 is 18.4 Å². The lowest BCUT2D eigenvalue weighted by Gasteiger charge is -2.10. The second-order valence-corrected chi connectivity index (χ2v) is 4.30. The van der Waals surface area contributed by atoms with Crippen LogP contribution in [0.2, 0.25) is 0 Å². The molecular formula is C9H10FO3P. The Balaban J connectivity index is 2.89. The topological polar surface area (TPSA) is 46.5 Å². The molecule has 0 heterocycles. The normalized spacial score (nSPS) is 15.4. The van der Waals surface area contributed by atoms with Gasteiger partial charge in [-0.05, 0) is 18.6 Å². The number of benzene rings is 1. The minimum absolute atomic E-state index is 0.000941. The Morgan fingerprint density at radius 2 is 2.14 bits per heavy atom. The van der Waals surface area contributed by atoms with Crippen LogP contribution in [0.25, 0.3) is 0 Å². The van der Waals surface area contributed by atoms with Gasteiger partial charge in [0, 0.05) is 0 Å². The molecule has 1 rings (SSSR count). The van der Waals surface area contributed by atoms with E-state index in [1.54, 1.807) is 31.2 Å². The highest BCUT2D eigenvalue weighted by molar-refractivity contribution is 7.56. The third-order valence-electron chi connectivity index (χ3n) is 1.57. The number of hydrogen-bond acceptors (Lipinski definition) is 2. The van der Waals surface area contributed by atoms with Gasteiger partial charge in [-0.3, -0.25) is 0 Å². The summed E-state index contributed by atoms with van der Waals surface area (Å²) in [7, 11) is -4.00. The van der Waals surface area contributed by atoms with Gasteiger partial charge in [-0.2, -0.15) is 0 Å². The van der Waals surface area contributed by atoms with Crippen molar-refractivity contribution in [3.8, 4) is 5.75 Å². The minimum atomic E-state index is -4.00. The predicted molar refractivity (Wildman–Crippen MR) is 51.9 cm³/mol. The molecule has 0 aliphatic rings. The van der Waals surface area contributed by atoms with E-state index in [-0.39, 0.29) is 12.1 Å². The molecule has 0 aliphatic heterocycles. The lowest BCUT2D eigenvalue weighted by atomic mass is 10.2. The zero-order chi connectivity index (χ0) is 10.6. The second kappa shape index (κ2) is 4.40. The summed E-state index contributed by atoms with van der Waals surface area (Å²) in [6, 6.07) is 6.72. The molecule has 0 radical (unpaired) electrons. The number of halogens is 1. The van der Waals surface area contributed by atoms with Gasteiger partial charge in [-0.15, -0.1) is 0 Å². The quantitative estimate of drug-likeness (QED) is 0.790. The smallest absolute Gasteiger partial charge is 0.403 e. The molecule has 0 aromatic heterocycles. The average Bonchev–Trinajstić information content (AvgIpc) is 2.08. The Morgan fingerprint density at radius 3 is 2.71 bits per heavy atom. The molecule has 0 fully saturated rings. The van der Waals surface area contributed by atoms with E-state index in [0.29, 0.717) is 11.4 Å². The summed E-state index contributed by atoms with van der Waals surface area (Å²) in [4.78, 5) is 9.10. The highest BCUT2D eigenvalue weighted by atomic mass is 31.2. The van der Waals surface area contributed by atoms with Gasteiger partial charge in [-0.1, -0.05) is 18.2 Å². The molecule has 1 N–H and O–H groups in total. The van der Waals surface area contributed by atoms with Crippen LogP contribution in [-0.4, -0.2) is 4.89 Å². The molecule has 0 aliphatic carbocycles. The van der Waals surface area contributed by atoms with Gasteiger partial charge in [0.2, 0.25) is 0 Å². The summed E-state index contributed by atoms with van der Waals surface area (Å²) >= 11 is 0. The summed E-state index contributed by atoms with van der Waals surface area (Å²) in [5.41, 5.74) is 0.717. The summed E-state index contributed by atoms with van der Waals surface area (Å²) < 4.78 is 27.6. The standard InChI is InChI=1S/C9H10FO3P/c1-8-4-2-3-5-9(8)13-14(11,12)7-6-10/h2-7H,1H3,(H,11,12). The maximum atomic E-state index is 11.7. The largest absolute Gasteiger partial charge is 0.421 e. The molecule has 1 aromatic rings. The van der Waals surface area contributed by atoms with Crippen molar-refractivity contribution in [1.82, 2.24) is 0 Å². The van der Waals surface area contributed by atoms with Crippen molar-refractivity contribution in [2.24, 2.45) is 0 Å². The van der Waals surface area contributed by atoms with Gasteiger partial charge < -0.3 is 9.42 Å². The first-order valence-corrected chi connectivity index (χ1v) is 5.55. The second-order valence-electron chi connectivity index (χ2n) is 2.70. The lowest BCUT2D eigenvalue weighted by molar-refractivity contribution is 0.390. The van der Waals surface area contributed by atoms with Crippen LogP contribution in [0.4, 0.5) is 4.39 Å². The Bertz CT molecular complexity index is 389. The van der Waals surface area contributed by atoms with E-state index in [1.165, 1.54) is 0 Å². The van der Waals surface area contributed by atoms with Gasteiger partial charge in [0.1, 0.15) is 5.75 Å². The zero-order valence-electron chi connectivity index (χ0n) is 7.55. The van der Waals surface area contributed by atoms with Crippen molar-refractivity contribution in [1.29, 1.82) is 0 Å². The monoisotopic (exact) mass is 216 g/mol. The molecule has 0 spiro atoms. The molecule has 14 heavy (non-hydrogen) atoms. The van der Waals surface area contributed by atoms with E-state index in [4.69, 9.17) is 9.42 Å². The average molecular weight is 216 g/mol. The first kappa shape index (κ1) is 11.0. The van der Waals surface area contributed by atoms with Crippen LogP contribution in [0.1, 0.15) is 5.56 Å². The van der Waals surface area contributed by atoms with E-state index in [9.17, 15) is 8.96 Å². The maximum Gasteiger partial charge on any atom is 0.403 e.